The smallest absolute Gasteiger partial charge is 0.407 e. The molecule has 0 spiro atoms. The zero-order valence-electron chi connectivity index (χ0n) is 6.02. The van der Waals surface area contributed by atoms with Crippen LogP contribution in [0.3, 0.4) is 0 Å². The average Bonchev–Trinajstić information content (AvgIpc) is 2.31. The van der Waals surface area contributed by atoms with Crippen LogP contribution in [0.15, 0.2) is 0 Å². The maximum atomic E-state index is 10.5. The summed E-state index contributed by atoms with van der Waals surface area (Å²) in [5, 5.41) is 5.67. The summed E-state index contributed by atoms with van der Waals surface area (Å²) < 4.78 is 4.85. The van der Waals surface area contributed by atoms with Crippen molar-refractivity contribution in [2.45, 2.75) is 13.0 Å². The standard InChI is InChI=1S/C6H12N2O2/c1-2-7-3-5-4-8-6(9)10-5/h5,7H,2-4H2,1H3,(H,8,9). The lowest BCUT2D eigenvalue weighted by Crippen LogP contribution is -2.29. The predicted molar refractivity (Wildman–Crippen MR) is 36.8 cm³/mol. The molecule has 1 heterocycles. The molecule has 1 aliphatic rings. The third kappa shape index (κ3) is 1.88. The molecule has 4 nitrogen and oxygen atoms in total. The van der Waals surface area contributed by atoms with Gasteiger partial charge in [-0.2, -0.15) is 0 Å². The number of ether oxygens (including phenoxy) is 1. The summed E-state index contributed by atoms with van der Waals surface area (Å²) in [6.07, 6.45) is -0.282. The molecule has 0 aromatic heterocycles. The maximum absolute atomic E-state index is 10.5. The Labute approximate surface area is 59.9 Å². The largest absolute Gasteiger partial charge is 0.443 e. The normalized spacial score (nSPS) is 24.1. The van der Waals surface area contributed by atoms with Crippen LogP contribution in [0.4, 0.5) is 4.79 Å². The van der Waals surface area contributed by atoms with Crippen LogP contribution in [-0.2, 0) is 4.74 Å². The van der Waals surface area contributed by atoms with Crippen molar-refractivity contribution in [1.29, 1.82) is 0 Å². The van der Waals surface area contributed by atoms with Gasteiger partial charge in [-0.1, -0.05) is 6.92 Å². The third-order valence-electron chi connectivity index (χ3n) is 1.37. The van der Waals surface area contributed by atoms with E-state index in [1.165, 1.54) is 0 Å². The molecule has 4 heteroatoms. The minimum absolute atomic E-state index is 0.0208. The number of carbonyl (C=O) groups excluding carboxylic acids is 1. The van der Waals surface area contributed by atoms with E-state index < -0.39 is 0 Å². The van der Waals surface area contributed by atoms with Gasteiger partial charge in [0.2, 0.25) is 0 Å². The van der Waals surface area contributed by atoms with Gasteiger partial charge >= 0.3 is 6.09 Å². The van der Waals surface area contributed by atoms with E-state index in [0.29, 0.717) is 6.54 Å². The second kappa shape index (κ2) is 3.41. The zero-order chi connectivity index (χ0) is 7.40. The summed E-state index contributed by atoms with van der Waals surface area (Å²) in [6.45, 7) is 4.30. The second-order valence-corrected chi connectivity index (χ2v) is 2.22. The Morgan fingerprint density at radius 2 is 2.70 bits per heavy atom. The number of cyclic esters (lactones) is 1. The van der Waals surface area contributed by atoms with E-state index in [4.69, 9.17) is 4.74 Å². The Bertz CT molecular complexity index is 127. The molecule has 1 fully saturated rings. The predicted octanol–water partition coefficient (Wildman–Crippen LogP) is -0.296. The van der Waals surface area contributed by atoms with Gasteiger partial charge in [-0.15, -0.1) is 0 Å². The van der Waals surface area contributed by atoms with E-state index in [-0.39, 0.29) is 12.2 Å². The van der Waals surface area contributed by atoms with Gasteiger partial charge in [0.15, 0.2) is 0 Å². The number of alkyl carbamates (subject to hydrolysis) is 1. The fraction of sp³-hybridized carbons (Fsp3) is 0.833. The Balaban J connectivity index is 2.12. The number of nitrogens with one attached hydrogen (secondary N) is 2. The number of hydrogen-bond acceptors (Lipinski definition) is 3. The molecule has 1 aliphatic heterocycles. The van der Waals surface area contributed by atoms with Gasteiger partial charge in [0.25, 0.3) is 0 Å². The van der Waals surface area contributed by atoms with Crippen LogP contribution in [0.5, 0.6) is 0 Å². The van der Waals surface area contributed by atoms with E-state index in [1.54, 1.807) is 0 Å². The van der Waals surface area contributed by atoms with Crippen LogP contribution < -0.4 is 10.6 Å². The van der Waals surface area contributed by atoms with Crippen molar-refractivity contribution in [1.82, 2.24) is 10.6 Å². The molecule has 1 amide bonds. The van der Waals surface area contributed by atoms with Crippen LogP contribution >= 0.6 is 0 Å². The minimum Gasteiger partial charge on any atom is -0.443 e. The van der Waals surface area contributed by atoms with Gasteiger partial charge in [-0.25, -0.2) is 4.79 Å². The van der Waals surface area contributed by atoms with Gasteiger partial charge in [-0.05, 0) is 6.54 Å². The third-order valence-corrected chi connectivity index (χ3v) is 1.37. The summed E-state index contributed by atoms with van der Waals surface area (Å²) in [4.78, 5) is 10.5. The van der Waals surface area contributed by atoms with Crippen LogP contribution in [0.2, 0.25) is 0 Å². The highest BCUT2D eigenvalue weighted by molar-refractivity contribution is 5.69. The number of hydrogen-bond donors (Lipinski definition) is 2. The van der Waals surface area contributed by atoms with Gasteiger partial charge < -0.3 is 15.4 Å². The first-order valence-electron chi connectivity index (χ1n) is 3.48. The summed E-state index contributed by atoms with van der Waals surface area (Å²) in [6, 6.07) is 0. The molecule has 0 aromatic carbocycles. The van der Waals surface area contributed by atoms with Crippen LogP contribution in [-0.4, -0.2) is 31.8 Å². The second-order valence-electron chi connectivity index (χ2n) is 2.22. The number of amides is 1. The molecular weight excluding hydrogens is 132 g/mol. The molecule has 0 aromatic rings. The lowest BCUT2D eigenvalue weighted by atomic mass is 10.3. The van der Waals surface area contributed by atoms with Crippen molar-refractivity contribution < 1.29 is 9.53 Å². The highest BCUT2D eigenvalue weighted by Gasteiger charge is 2.20. The van der Waals surface area contributed by atoms with E-state index >= 15 is 0 Å². The van der Waals surface area contributed by atoms with Crippen molar-refractivity contribution >= 4 is 6.09 Å². The minimum atomic E-state index is -0.303. The SMILES string of the molecule is CCNCC1CNC(=O)O1. The summed E-state index contributed by atoms with van der Waals surface area (Å²) >= 11 is 0. The lowest BCUT2D eigenvalue weighted by molar-refractivity contribution is 0.139. The van der Waals surface area contributed by atoms with Gasteiger partial charge in [0.05, 0.1) is 6.54 Å². The molecule has 58 valence electrons. The first kappa shape index (κ1) is 7.34. The fourth-order valence-electron chi connectivity index (χ4n) is 0.851. The summed E-state index contributed by atoms with van der Waals surface area (Å²) in [5.41, 5.74) is 0. The first-order valence-corrected chi connectivity index (χ1v) is 3.48. The van der Waals surface area contributed by atoms with Crippen molar-refractivity contribution in [3.05, 3.63) is 0 Å². The Hall–Kier alpha value is -0.770. The highest BCUT2D eigenvalue weighted by Crippen LogP contribution is 1.96. The Morgan fingerprint density at radius 1 is 1.90 bits per heavy atom. The van der Waals surface area contributed by atoms with Crippen molar-refractivity contribution in [3.63, 3.8) is 0 Å². The summed E-state index contributed by atoms with van der Waals surface area (Å²) in [5.74, 6) is 0. The molecule has 2 N–H and O–H groups in total. The van der Waals surface area contributed by atoms with Crippen LogP contribution in [0.25, 0.3) is 0 Å². The average molecular weight is 144 g/mol. The molecule has 0 bridgehead atoms. The number of likely N-dealkylation sites (N-methyl/N-ethyl adjacent to an activating group) is 1. The van der Waals surface area contributed by atoms with E-state index in [9.17, 15) is 4.79 Å². The Kier molecular flexibility index (Phi) is 2.50. The van der Waals surface area contributed by atoms with Crippen molar-refractivity contribution in [3.8, 4) is 0 Å². The molecule has 10 heavy (non-hydrogen) atoms. The summed E-state index contributed by atoms with van der Waals surface area (Å²) in [7, 11) is 0. The number of rotatable bonds is 3. The molecule has 0 aliphatic carbocycles. The van der Waals surface area contributed by atoms with Crippen molar-refractivity contribution in [2.24, 2.45) is 0 Å². The lowest BCUT2D eigenvalue weighted by Gasteiger charge is -2.06. The Morgan fingerprint density at radius 3 is 3.20 bits per heavy atom. The molecule has 0 saturated carbocycles. The highest BCUT2D eigenvalue weighted by atomic mass is 16.6. The van der Waals surface area contributed by atoms with Crippen molar-refractivity contribution in [2.75, 3.05) is 19.6 Å². The molecule has 1 saturated heterocycles. The monoisotopic (exact) mass is 144 g/mol. The van der Waals surface area contributed by atoms with Gasteiger partial charge in [-0.3, -0.25) is 0 Å². The molecular formula is C6H12N2O2. The van der Waals surface area contributed by atoms with Gasteiger partial charge in [0, 0.05) is 6.54 Å². The van der Waals surface area contributed by atoms with Gasteiger partial charge in [0.1, 0.15) is 6.10 Å². The first-order chi connectivity index (χ1) is 4.83. The molecule has 1 unspecified atom stereocenters. The molecule has 0 radical (unpaired) electrons. The topological polar surface area (TPSA) is 50.4 Å². The van der Waals surface area contributed by atoms with E-state index in [0.717, 1.165) is 13.1 Å². The quantitative estimate of drug-likeness (QED) is 0.572. The van der Waals surface area contributed by atoms with E-state index in [1.807, 2.05) is 6.92 Å². The molecule has 1 atom stereocenters. The maximum Gasteiger partial charge on any atom is 0.407 e. The number of carbonyl (C=O) groups is 1. The van der Waals surface area contributed by atoms with Crippen LogP contribution in [0, 0.1) is 0 Å². The fourth-order valence-corrected chi connectivity index (χ4v) is 0.851. The van der Waals surface area contributed by atoms with E-state index in [2.05, 4.69) is 10.6 Å². The zero-order valence-corrected chi connectivity index (χ0v) is 6.02. The molecule has 1 rings (SSSR count). The van der Waals surface area contributed by atoms with Crippen LogP contribution in [0.1, 0.15) is 6.92 Å².